The standard InChI is InChI=1S/C27H44N2O6/c1-22(30)34-19-15-11-7-3-5-9-13-17-26(32)28-24-21-25(24)29-27(33)18-14-10-6-4-8-12-16-20-35-23(2)31/h13-14,17-18,24-25H,3-12,15-16,19-21H2,1-2H3,(H,28,32)(H,29,33)/t24-,25+. The summed E-state index contributed by atoms with van der Waals surface area (Å²) in [6, 6.07) is 0.0161. The maximum Gasteiger partial charge on any atom is 0.302 e. The number of carbonyl (C=O) groups is 4. The molecule has 0 radical (unpaired) electrons. The fraction of sp³-hybridized carbons (Fsp3) is 0.704. The summed E-state index contributed by atoms with van der Waals surface area (Å²) >= 11 is 0. The van der Waals surface area contributed by atoms with Crippen molar-refractivity contribution in [2.45, 2.75) is 109 Å². The molecular formula is C27H44N2O6. The molecule has 0 bridgehead atoms. The third-order valence-corrected chi connectivity index (χ3v) is 5.63. The van der Waals surface area contributed by atoms with E-state index in [9.17, 15) is 19.2 Å². The van der Waals surface area contributed by atoms with E-state index in [1.165, 1.54) is 13.8 Å². The number of hydrogen-bond acceptors (Lipinski definition) is 6. The Morgan fingerprint density at radius 1 is 0.629 bits per heavy atom. The molecule has 0 aromatic heterocycles. The summed E-state index contributed by atoms with van der Waals surface area (Å²) in [7, 11) is 0. The highest BCUT2D eigenvalue weighted by Crippen LogP contribution is 2.21. The SMILES string of the molecule is CC(=O)OCCCCCCCC=CC(=O)N[C@H]1C[C@H]1NC(=O)C=CCCCCCCCOC(C)=O. The molecule has 0 aromatic carbocycles. The summed E-state index contributed by atoms with van der Waals surface area (Å²) in [5.74, 6) is -0.683. The number of carbonyl (C=O) groups excluding carboxylic acids is 4. The predicted octanol–water partition coefficient (Wildman–Crippen LogP) is 4.28. The van der Waals surface area contributed by atoms with E-state index in [-0.39, 0.29) is 35.8 Å². The molecule has 1 aliphatic carbocycles. The summed E-state index contributed by atoms with van der Waals surface area (Å²) in [4.78, 5) is 45.3. The third-order valence-electron chi connectivity index (χ3n) is 5.63. The van der Waals surface area contributed by atoms with Crippen LogP contribution in [0.4, 0.5) is 0 Å². The second kappa shape index (κ2) is 19.6. The van der Waals surface area contributed by atoms with Gasteiger partial charge < -0.3 is 20.1 Å². The van der Waals surface area contributed by atoms with Gasteiger partial charge >= 0.3 is 11.9 Å². The number of hydrogen-bond donors (Lipinski definition) is 2. The van der Waals surface area contributed by atoms with Gasteiger partial charge in [0.05, 0.1) is 25.3 Å². The van der Waals surface area contributed by atoms with Crippen LogP contribution in [0.15, 0.2) is 24.3 Å². The van der Waals surface area contributed by atoms with Crippen molar-refractivity contribution in [2.75, 3.05) is 13.2 Å². The molecule has 1 aliphatic rings. The van der Waals surface area contributed by atoms with Crippen molar-refractivity contribution < 1.29 is 28.7 Å². The Morgan fingerprint density at radius 2 is 1.00 bits per heavy atom. The zero-order valence-corrected chi connectivity index (χ0v) is 21.5. The van der Waals surface area contributed by atoms with E-state index in [0.717, 1.165) is 83.5 Å². The average Bonchev–Trinajstić information content (AvgIpc) is 3.52. The smallest absolute Gasteiger partial charge is 0.302 e. The molecular weight excluding hydrogens is 448 g/mol. The first-order valence-corrected chi connectivity index (χ1v) is 13.1. The van der Waals surface area contributed by atoms with Crippen molar-refractivity contribution in [1.82, 2.24) is 10.6 Å². The monoisotopic (exact) mass is 492 g/mol. The second-order valence-electron chi connectivity index (χ2n) is 9.06. The summed E-state index contributed by atoms with van der Waals surface area (Å²) in [5, 5.41) is 5.84. The minimum Gasteiger partial charge on any atom is -0.466 e. The molecule has 0 unspecified atom stereocenters. The largest absolute Gasteiger partial charge is 0.466 e. The molecule has 35 heavy (non-hydrogen) atoms. The molecule has 2 N–H and O–H groups in total. The van der Waals surface area contributed by atoms with E-state index in [0.29, 0.717) is 13.2 Å². The number of esters is 2. The summed E-state index contributed by atoms with van der Waals surface area (Å²) in [5.41, 5.74) is 0. The first-order valence-electron chi connectivity index (χ1n) is 13.1. The molecule has 198 valence electrons. The molecule has 2 amide bonds. The molecule has 0 aliphatic heterocycles. The van der Waals surface area contributed by atoms with Crippen LogP contribution >= 0.6 is 0 Å². The minimum atomic E-state index is -0.227. The molecule has 0 saturated heterocycles. The highest BCUT2D eigenvalue weighted by molar-refractivity contribution is 5.89. The fourth-order valence-corrected chi connectivity index (χ4v) is 3.58. The number of nitrogens with one attached hydrogen (secondary N) is 2. The number of amides is 2. The Morgan fingerprint density at radius 3 is 1.40 bits per heavy atom. The van der Waals surface area contributed by atoms with Crippen LogP contribution in [0.3, 0.4) is 0 Å². The van der Waals surface area contributed by atoms with Crippen LogP contribution < -0.4 is 10.6 Å². The number of allylic oxidation sites excluding steroid dienone is 2. The van der Waals surface area contributed by atoms with E-state index in [1.54, 1.807) is 12.2 Å². The van der Waals surface area contributed by atoms with Crippen LogP contribution in [0.5, 0.6) is 0 Å². The Balaban J connectivity index is 1.95. The summed E-state index contributed by atoms with van der Waals surface area (Å²) in [6.45, 7) is 3.84. The Hall–Kier alpha value is -2.64. The van der Waals surface area contributed by atoms with Crippen LogP contribution in [0, 0.1) is 0 Å². The van der Waals surface area contributed by atoms with E-state index >= 15 is 0 Å². The predicted molar refractivity (Wildman–Crippen MR) is 135 cm³/mol. The molecule has 8 heteroatoms. The van der Waals surface area contributed by atoms with Crippen LogP contribution in [0.1, 0.15) is 97.3 Å². The maximum absolute atomic E-state index is 12.0. The van der Waals surface area contributed by atoms with Gasteiger partial charge in [-0.25, -0.2) is 0 Å². The quantitative estimate of drug-likeness (QED) is 0.149. The lowest BCUT2D eigenvalue weighted by Crippen LogP contribution is -2.33. The van der Waals surface area contributed by atoms with Gasteiger partial charge in [-0.1, -0.05) is 50.7 Å². The molecule has 0 aromatic rings. The Labute approximate surface area is 210 Å². The van der Waals surface area contributed by atoms with Crippen molar-refractivity contribution >= 4 is 23.8 Å². The molecule has 2 atom stereocenters. The van der Waals surface area contributed by atoms with Crippen LogP contribution in [-0.4, -0.2) is 49.1 Å². The lowest BCUT2D eigenvalue weighted by molar-refractivity contribution is -0.142. The van der Waals surface area contributed by atoms with Crippen molar-refractivity contribution in [3.63, 3.8) is 0 Å². The molecule has 8 nitrogen and oxygen atoms in total. The summed E-state index contributed by atoms with van der Waals surface area (Å²) < 4.78 is 9.79. The normalized spacial score (nSPS) is 16.9. The van der Waals surface area contributed by atoms with Crippen molar-refractivity contribution in [1.29, 1.82) is 0 Å². The third kappa shape index (κ3) is 19.4. The van der Waals surface area contributed by atoms with Crippen LogP contribution in [0.2, 0.25) is 0 Å². The highest BCUT2D eigenvalue weighted by Gasteiger charge is 2.38. The maximum atomic E-state index is 12.0. The van der Waals surface area contributed by atoms with Crippen LogP contribution in [0.25, 0.3) is 0 Å². The van der Waals surface area contributed by atoms with Crippen molar-refractivity contribution in [3.8, 4) is 0 Å². The van der Waals surface area contributed by atoms with Gasteiger partial charge in [0, 0.05) is 13.8 Å². The van der Waals surface area contributed by atoms with Gasteiger partial charge in [-0.3, -0.25) is 19.2 Å². The second-order valence-corrected chi connectivity index (χ2v) is 9.06. The van der Waals surface area contributed by atoms with E-state index < -0.39 is 0 Å². The van der Waals surface area contributed by atoms with Gasteiger partial charge in [-0.05, 0) is 57.1 Å². The first-order chi connectivity index (χ1) is 16.9. The van der Waals surface area contributed by atoms with Gasteiger partial charge in [0.25, 0.3) is 0 Å². The zero-order chi connectivity index (χ0) is 25.7. The van der Waals surface area contributed by atoms with Crippen molar-refractivity contribution in [2.24, 2.45) is 0 Å². The first kappa shape index (κ1) is 30.4. The van der Waals surface area contributed by atoms with E-state index in [1.807, 2.05) is 12.2 Å². The zero-order valence-electron chi connectivity index (χ0n) is 21.5. The van der Waals surface area contributed by atoms with Crippen molar-refractivity contribution in [3.05, 3.63) is 24.3 Å². The minimum absolute atomic E-state index is 0.00806. The molecule has 1 rings (SSSR count). The molecule has 1 fully saturated rings. The van der Waals surface area contributed by atoms with Gasteiger partial charge in [-0.15, -0.1) is 0 Å². The Kier molecular flexibility index (Phi) is 17.1. The van der Waals surface area contributed by atoms with Gasteiger partial charge in [0.15, 0.2) is 0 Å². The number of unbranched alkanes of at least 4 members (excludes halogenated alkanes) is 10. The Bertz CT molecular complexity index is 646. The fourth-order valence-electron chi connectivity index (χ4n) is 3.58. The van der Waals surface area contributed by atoms with Crippen LogP contribution in [-0.2, 0) is 28.7 Å². The highest BCUT2D eigenvalue weighted by atomic mass is 16.5. The molecule has 0 heterocycles. The average molecular weight is 493 g/mol. The van der Waals surface area contributed by atoms with Gasteiger partial charge in [-0.2, -0.15) is 0 Å². The lowest BCUT2D eigenvalue weighted by Gasteiger charge is -2.03. The number of rotatable bonds is 20. The van der Waals surface area contributed by atoms with Gasteiger partial charge in [0.1, 0.15) is 0 Å². The van der Waals surface area contributed by atoms with E-state index in [2.05, 4.69) is 10.6 Å². The topological polar surface area (TPSA) is 111 Å². The number of ether oxygens (including phenoxy) is 2. The molecule has 1 saturated carbocycles. The van der Waals surface area contributed by atoms with E-state index in [4.69, 9.17) is 9.47 Å². The van der Waals surface area contributed by atoms with Gasteiger partial charge in [0.2, 0.25) is 11.8 Å². The lowest BCUT2D eigenvalue weighted by atomic mass is 10.1. The summed E-state index contributed by atoms with van der Waals surface area (Å²) in [6.07, 6.45) is 19.7. The molecule has 0 spiro atoms.